The zero-order valence-corrected chi connectivity index (χ0v) is 6.36. The van der Waals surface area contributed by atoms with E-state index in [2.05, 4.69) is 15.9 Å². The third-order valence-electron chi connectivity index (χ3n) is 1.67. The Hall–Kier alpha value is -1.88. The fraction of sp³-hybridized carbons (Fsp3) is 0. The zero-order valence-electron chi connectivity index (χ0n) is 6.36. The molecule has 0 atom stereocenters. The minimum absolute atomic E-state index is 0.859. The zero-order chi connectivity index (χ0) is 8.39. The lowest BCUT2D eigenvalue weighted by atomic mass is 10.2. The molecule has 0 aliphatic carbocycles. The van der Waals surface area contributed by atoms with Crippen LogP contribution in [0.3, 0.4) is 0 Å². The van der Waals surface area contributed by atoms with E-state index in [1.807, 2.05) is 18.2 Å². The Bertz CT molecular complexity index is 455. The molecule has 0 saturated heterocycles. The molecule has 2 aromatic rings. The predicted octanol–water partition coefficient (Wildman–Crippen LogP) is 1.61. The van der Waals surface area contributed by atoms with Gasteiger partial charge in [-0.3, -0.25) is 0 Å². The van der Waals surface area contributed by atoms with Crippen LogP contribution in [0.1, 0.15) is 5.56 Å². The fourth-order valence-electron chi connectivity index (χ4n) is 1.07. The molecule has 0 aliphatic rings. The van der Waals surface area contributed by atoms with Crippen LogP contribution in [0.2, 0.25) is 0 Å². The van der Waals surface area contributed by atoms with Crippen molar-refractivity contribution < 1.29 is 0 Å². The summed E-state index contributed by atoms with van der Waals surface area (Å²) >= 11 is 0. The van der Waals surface area contributed by atoms with Gasteiger partial charge in [-0.05, 0) is 18.2 Å². The van der Waals surface area contributed by atoms with Gasteiger partial charge in [0.25, 0.3) is 0 Å². The summed E-state index contributed by atoms with van der Waals surface area (Å²) in [5.41, 5.74) is 1.78. The normalized spacial score (nSPS) is 9.58. The second-order valence-corrected chi connectivity index (χ2v) is 2.44. The Kier molecular flexibility index (Phi) is 1.49. The van der Waals surface area contributed by atoms with E-state index in [1.165, 1.54) is 6.33 Å². The minimum atomic E-state index is 0.859. The van der Waals surface area contributed by atoms with Gasteiger partial charge < -0.3 is 0 Å². The third-order valence-corrected chi connectivity index (χ3v) is 1.67. The Morgan fingerprint density at radius 1 is 1.33 bits per heavy atom. The number of aromatic nitrogens is 2. The van der Waals surface area contributed by atoms with E-state index in [0.717, 1.165) is 16.5 Å². The smallest absolute Gasteiger partial charge is 0.116 e. The molecule has 0 amide bonds. The average Bonchev–Trinajstić information content (AvgIpc) is 2.17. The summed E-state index contributed by atoms with van der Waals surface area (Å²) in [6.07, 6.45) is 8.53. The van der Waals surface area contributed by atoms with Crippen molar-refractivity contribution in [1.29, 1.82) is 0 Å². The second-order valence-electron chi connectivity index (χ2n) is 2.44. The van der Waals surface area contributed by atoms with E-state index >= 15 is 0 Å². The van der Waals surface area contributed by atoms with Crippen LogP contribution >= 0.6 is 0 Å². The molecule has 2 rings (SSSR count). The minimum Gasteiger partial charge on any atom is -0.244 e. The molecule has 2 nitrogen and oxygen atoms in total. The maximum atomic E-state index is 5.25. The molecule has 0 spiro atoms. The van der Waals surface area contributed by atoms with Gasteiger partial charge in [0, 0.05) is 17.1 Å². The molecule has 1 heterocycles. The number of rotatable bonds is 0. The molecule has 56 valence electrons. The van der Waals surface area contributed by atoms with Crippen LogP contribution in [-0.2, 0) is 0 Å². The number of terminal acetylenes is 1. The molecule has 1 aromatic carbocycles. The van der Waals surface area contributed by atoms with E-state index in [9.17, 15) is 0 Å². The monoisotopic (exact) mass is 154 g/mol. The van der Waals surface area contributed by atoms with Gasteiger partial charge >= 0.3 is 0 Å². The van der Waals surface area contributed by atoms with E-state index in [4.69, 9.17) is 6.42 Å². The highest BCUT2D eigenvalue weighted by atomic mass is 14.8. The molecular weight excluding hydrogens is 148 g/mol. The topological polar surface area (TPSA) is 25.8 Å². The van der Waals surface area contributed by atoms with Crippen LogP contribution < -0.4 is 0 Å². The number of benzene rings is 1. The van der Waals surface area contributed by atoms with Gasteiger partial charge in [0.15, 0.2) is 0 Å². The Balaban J connectivity index is 2.78. The second kappa shape index (κ2) is 2.63. The van der Waals surface area contributed by atoms with E-state index in [1.54, 1.807) is 6.20 Å². The van der Waals surface area contributed by atoms with Crippen molar-refractivity contribution in [2.24, 2.45) is 0 Å². The van der Waals surface area contributed by atoms with Crippen molar-refractivity contribution in [1.82, 2.24) is 9.97 Å². The van der Waals surface area contributed by atoms with Crippen LogP contribution in [0.15, 0.2) is 30.7 Å². The van der Waals surface area contributed by atoms with Crippen LogP contribution in [-0.4, -0.2) is 9.97 Å². The lowest BCUT2D eigenvalue weighted by Crippen LogP contribution is -1.81. The molecule has 0 aliphatic heterocycles. The maximum absolute atomic E-state index is 5.25. The molecule has 0 bridgehead atoms. The predicted molar refractivity (Wildman–Crippen MR) is 47.5 cm³/mol. The van der Waals surface area contributed by atoms with Crippen molar-refractivity contribution in [3.63, 3.8) is 0 Å². The van der Waals surface area contributed by atoms with Gasteiger partial charge in [0.2, 0.25) is 0 Å². The highest BCUT2D eigenvalue weighted by Gasteiger charge is 1.93. The fourth-order valence-corrected chi connectivity index (χ4v) is 1.07. The lowest BCUT2D eigenvalue weighted by Gasteiger charge is -1.94. The summed E-state index contributed by atoms with van der Waals surface area (Å²) in [7, 11) is 0. The Morgan fingerprint density at radius 2 is 2.25 bits per heavy atom. The van der Waals surface area contributed by atoms with Gasteiger partial charge in [-0.2, -0.15) is 0 Å². The molecule has 0 unspecified atom stereocenters. The summed E-state index contributed by atoms with van der Waals surface area (Å²) in [6, 6.07) is 5.66. The Morgan fingerprint density at radius 3 is 3.08 bits per heavy atom. The third kappa shape index (κ3) is 1.02. The first-order valence-corrected chi connectivity index (χ1v) is 3.56. The average molecular weight is 154 g/mol. The highest BCUT2D eigenvalue weighted by molar-refractivity contribution is 5.78. The first-order chi connectivity index (χ1) is 5.90. The van der Waals surface area contributed by atoms with E-state index in [-0.39, 0.29) is 0 Å². The van der Waals surface area contributed by atoms with Crippen molar-refractivity contribution in [3.8, 4) is 12.3 Å². The number of nitrogens with zero attached hydrogens (tertiary/aromatic N) is 2. The van der Waals surface area contributed by atoms with Gasteiger partial charge in [-0.1, -0.05) is 5.92 Å². The summed E-state index contributed by atoms with van der Waals surface area (Å²) in [6.45, 7) is 0. The van der Waals surface area contributed by atoms with Gasteiger partial charge in [0.05, 0.1) is 5.52 Å². The van der Waals surface area contributed by atoms with Gasteiger partial charge in [-0.25, -0.2) is 9.97 Å². The quantitative estimate of drug-likeness (QED) is 0.539. The molecule has 1 aromatic heterocycles. The number of hydrogen-bond acceptors (Lipinski definition) is 2. The van der Waals surface area contributed by atoms with E-state index < -0.39 is 0 Å². The molecule has 12 heavy (non-hydrogen) atoms. The number of fused-ring (bicyclic) bond motifs is 1. The first kappa shape index (κ1) is 6.81. The molecule has 0 fully saturated rings. The summed E-state index contributed by atoms with van der Waals surface area (Å²) in [5, 5.41) is 0.980. The van der Waals surface area contributed by atoms with Crippen molar-refractivity contribution >= 4 is 10.9 Å². The standard InChI is InChI=1S/C10H6N2/c1-2-8-3-4-10-9(5-8)6-11-7-12-10/h1,3-7H. The highest BCUT2D eigenvalue weighted by Crippen LogP contribution is 2.10. The largest absolute Gasteiger partial charge is 0.244 e. The lowest BCUT2D eigenvalue weighted by molar-refractivity contribution is 1.22. The van der Waals surface area contributed by atoms with Crippen molar-refractivity contribution in [2.75, 3.05) is 0 Å². The number of hydrogen-bond donors (Lipinski definition) is 0. The summed E-state index contributed by atoms with van der Waals surface area (Å²) in [4.78, 5) is 7.99. The van der Waals surface area contributed by atoms with Gasteiger partial charge in [-0.15, -0.1) is 6.42 Å². The molecule has 2 heteroatoms. The molecule has 0 saturated carbocycles. The van der Waals surface area contributed by atoms with Crippen LogP contribution in [0, 0.1) is 12.3 Å². The van der Waals surface area contributed by atoms with Crippen LogP contribution in [0.5, 0.6) is 0 Å². The summed E-state index contributed by atoms with van der Waals surface area (Å²) in [5.74, 6) is 2.56. The van der Waals surface area contributed by atoms with E-state index in [0.29, 0.717) is 0 Å². The molecule has 0 N–H and O–H groups in total. The van der Waals surface area contributed by atoms with Gasteiger partial charge in [0.1, 0.15) is 6.33 Å². The molecular formula is C10H6N2. The molecule has 0 radical (unpaired) electrons. The SMILES string of the molecule is C#Cc1ccc2ncncc2c1. The first-order valence-electron chi connectivity index (χ1n) is 3.56. The maximum Gasteiger partial charge on any atom is 0.116 e. The Labute approximate surface area is 70.3 Å². The van der Waals surface area contributed by atoms with Crippen molar-refractivity contribution in [3.05, 3.63) is 36.3 Å². The van der Waals surface area contributed by atoms with Crippen LogP contribution in [0.4, 0.5) is 0 Å². The summed E-state index contributed by atoms with van der Waals surface area (Å²) < 4.78 is 0. The van der Waals surface area contributed by atoms with Crippen LogP contribution in [0.25, 0.3) is 10.9 Å². The van der Waals surface area contributed by atoms with Crippen molar-refractivity contribution in [2.45, 2.75) is 0 Å².